The second-order valence-electron chi connectivity index (χ2n) is 16.9. The number of hydrogen-bond donors (Lipinski definition) is 4. The quantitative estimate of drug-likeness (QED) is 0.131. The lowest BCUT2D eigenvalue weighted by Gasteiger charge is -2.20. The number of benzene rings is 9. The largest absolute Gasteiger partial charge is 0.344 e. The molecule has 0 saturated heterocycles. The van der Waals surface area contributed by atoms with E-state index in [0.717, 1.165) is 49.4 Å². The first-order valence-electron chi connectivity index (χ1n) is 21.0. The molecule has 0 radical (unpaired) electrons. The molecule has 0 unspecified atom stereocenters. The number of fused-ring (bicyclic) bond motifs is 7. The summed E-state index contributed by atoms with van der Waals surface area (Å²) in [6.07, 6.45) is 0. The van der Waals surface area contributed by atoms with Crippen molar-refractivity contribution in [2.45, 2.75) is 34.6 Å². The smallest absolute Gasteiger partial charge is 0.323 e. The first-order valence-corrected chi connectivity index (χ1v) is 21.0. The van der Waals surface area contributed by atoms with Crippen molar-refractivity contribution in [1.29, 1.82) is 0 Å². The Kier molecular flexibility index (Phi) is 9.21. The van der Waals surface area contributed by atoms with Crippen molar-refractivity contribution in [2.75, 3.05) is 23.0 Å². The van der Waals surface area contributed by atoms with Gasteiger partial charge in [0.25, 0.3) is 0 Å². The van der Waals surface area contributed by atoms with Crippen molar-refractivity contribution in [1.82, 2.24) is 9.88 Å². The average Bonchev–Trinajstić information content (AvgIpc) is 3.52. The third-order valence-corrected chi connectivity index (χ3v) is 12.5. The van der Waals surface area contributed by atoms with Crippen molar-refractivity contribution >= 4 is 94.0 Å². The number of amides is 4. The van der Waals surface area contributed by atoms with Crippen LogP contribution >= 0.6 is 0 Å². The Hall–Kier alpha value is -7.64. The summed E-state index contributed by atoms with van der Waals surface area (Å²) in [4.78, 5) is 25.6. The number of urea groups is 2. The molecule has 0 atom stereocenters. The summed E-state index contributed by atoms with van der Waals surface area (Å²) in [7, 11) is 3.60. The van der Waals surface area contributed by atoms with Crippen LogP contribution in [0.2, 0.25) is 0 Å². The van der Waals surface area contributed by atoms with Gasteiger partial charge in [-0.05, 0) is 172 Å². The Balaban J connectivity index is 1.00. The van der Waals surface area contributed by atoms with E-state index in [0.29, 0.717) is 11.4 Å². The number of nitrogens with zero attached hydrogens (tertiary/aromatic N) is 1. The van der Waals surface area contributed by atoms with Crippen LogP contribution in [0, 0.1) is 34.6 Å². The second-order valence-corrected chi connectivity index (χ2v) is 16.9. The van der Waals surface area contributed by atoms with Crippen molar-refractivity contribution in [3.63, 3.8) is 0 Å². The molecular weight excluding hydrogens is 763 g/mol. The van der Waals surface area contributed by atoms with E-state index in [2.05, 4.69) is 151 Å². The fourth-order valence-corrected chi connectivity index (χ4v) is 9.52. The first-order chi connectivity index (χ1) is 29.9. The maximum atomic E-state index is 13.6. The molecule has 0 spiro atoms. The molecule has 9 aromatic carbocycles. The van der Waals surface area contributed by atoms with Gasteiger partial charge in [0.05, 0.1) is 0 Å². The zero-order valence-electron chi connectivity index (χ0n) is 36.0. The van der Waals surface area contributed by atoms with Crippen molar-refractivity contribution in [3.8, 4) is 22.3 Å². The van der Waals surface area contributed by atoms with E-state index in [1.165, 1.54) is 71.3 Å². The lowest BCUT2D eigenvalue weighted by molar-refractivity contribution is 0.254. The number of aryl methyl sites for hydroxylation is 6. The minimum Gasteiger partial charge on any atom is -0.344 e. The van der Waals surface area contributed by atoms with E-state index in [9.17, 15) is 9.59 Å². The Morgan fingerprint density at radius 3 is 1.61 bits per heavy atom. The van der Waals surface area contributed by atoms with Gasteiger partial charge in [0.15, 0.2) is 0 Å². The lowest BCUT2D eigenvalue weighted by atomic mass is 9.84. The highest BCUT2D eigenvalue weighted by molar-refractivity contribution is 6.22. The number of anilines is 3. The summed E-state index contributed by atoms with van der Waals surface area (Å²) in [5.41, 5.74) is 15.0. The van der Waals surface area contributed by atoms with Crippen LogP contribution in [0.4, 0.5) is 26.7 Å². The summed E-state index contributed by atoms with van der Waals surface area (Å²) >= 11 is 0. The van der Waals surface area contributed by atoms with E-state index in [1.807, 2.05) is 50.4 Å². The number of rotatable bonds is 5. The van der Waals surface area contributed by atoms with E-state index < -0.39 is 0 Å². The molecule has 10 aromatic rings. The number of hydrogen-bond acceptors (Lipinski definition) is 2. The van der Waals surface area contributed by atoms with Crippen LogP contribution < -0.4 is 21.3 Å². The van der Waals surface area contributed by atoms with Crippen LogP contribution in [-0.4, -0.2) is 23.7 Å². The number of carbonyl (C=O) groups excluding carboxylic acids is 2. The third-order valence-electron chi connectivity index (χ3n) is 12.5. The molecule has 1 heterocycles. The molecule has 7 nitrogen and oxygen atoms in total. The number of nitrogens with one attached hydrogen (secondary N) is 4. The standard InChI is InChI=1S/C55H47N5O2/c1-30-9-17-43-47(22-30)52(42-16-8-31(2)23-48(42)53(43)38-13-11-36-21-32(3)20-33(4)44(36)26-38)37-12-10-35-27-49(34(5)24-39(35)25-37)59-55(62)58-41-15-19-51-46(29-41)45-28-40(57-54(61)56-6)14-18-50(45)60(51)7/h8-29H,1-7H3,(H2,56,57,61)(H2,58,59,62). The van der Waals surface area contributed by atoms with Crippen molar-refractivity contribution < 1.29 is 9.59 Å². The normalized spacial score (nSPS) is 11.6. The Morgan fingerprint density at radius 1 is 0.419 bits per heavy atom. The molecule has 0 bridgehead atoms. The number of aromatic nitrogens is 1. The maximum Gasteiger partial charge on any atom is 0.323 e. The topological polar surface area (TPSA) is 87.2 Å². The molecule has 10 rings (SSSR count). The summed E-state index contributed by atoms with van der Waals surface area (Å²) in [5, 5.41) is 23.2. The summed E-state index contributed by atoms with van der Waals surface area (Å²) < 4.78 is 2.11. The van der Waals surface area contributed by atoms with Gasteiger partial charge < -0.3 is 25.8 Å². The molecule has 4 N–H and O–H groups in total. The lowest BCUT2D eigenvalue weighted by Crippen LogP contribution is -2.24. The summed E-state index contributed by atoms with van der Waals surface area (Å²) in [6, 6.07) is 47.2. The van der Waals surface area contributed by atoms with E-state index in [4.69, 9.17) is 0 Å². The molecule has 7 heteroatoms. The van der Waals surface area contributed by atoms with E-state index >= 15 is 0 Å². The maximum absolute atomic E-state index is 13.6. The predicted molar refractivity (Wildman–Crippen MR) is 262 cm³/mol. The van der Waals surface area contributed by atoms with Crippen molar-refractivity contribution in [3.05, 3.63) is 161 Å². The summed E-state index contributed by atoms with van der Waals surface area (Å²) in [5.74, 6) is 0. The van der Waals surface area contributed by atoms with Gasteiger partial charge in [0.1, 0.15) is 0 Å². The molecule has 0 fully saturated rings. The summed E-state index contributed by atoms with van der Waals surface area (Å²) in [6.45, 7) is 10.8. The van der Waals surface area contributed by atoms with Crippen LogP contribution in [0.15, 0.2) is 133 Å². The molecule has 0 aliphatic carbocycles. The van der Waals surface area contributed by atoms with Gasteiger partial charge in [0, 0.05) is 53.0 Å². The van der Waals surface area contributed by atoms with Gasteiger partial charge >= 0.3 is 12.1 Å². The minimum absolute atomic E-state index is 0.284. The zero-order chi connectivity index (χ0) is 43.0. The van der Waals surface area contributed by atoms with Crippen LogP contribution in [0.3, 0.4) is 0 Å². The molecule has 0 saturated carbocycles. The van der Waals surface area contributed by atoms with E-state index in [-0.39, 0.29) is 12.1 Å². The fraction of sp³-hybridized carbons (Fsp3) is 0.127. The predicted octanol–water partition coefficient (Wildman–Crippen LogP) is 14.2. The van der Waals surface area contributed by atoms with Gasteiger partial charge in [-0.15, -0.1) is 0 Å². The van der Waals surface area contributed by atoms with Crippen LogP contribution in [-0.2, 0) is 7.05 Å². The highest BCUT2D eigenvalue weighted by Gasteiger charge is 2.19. The number of carbonyl (C=O) groups is 2. The van der Waals surface area contributed by atoms with Crippen LogP contribution in [0.5, 0.6) is 0 Å². The van der Waals surface area contributed by atoms with Gasteiger partial charge in [-0.25, -0.2) is 9.59 Å². The second kappa shape index (κ2) is 14.8. The average molecular weight is 810 g/mol. The van der Waals surface area contributed by atoms with E-state index in [1.54, 1.807) is 7.05 Å². The van der Waals surface area contributed by atoms with Crippen molar-refractivity contribution in [2.24, 2.45) is 7.05 Å². The first kappa shape index (κ1) is 38.6. The molecule has 4 amide bonds. The fourth-order valence-electron chi connectivity index (χ4n) is 9.52. The van der Waals surface area contributed by atoms with Gasteiger partial charge in [-0.1, -0.05) is 89.5 Å². The molecule has 304 valence electrons. The van der Waals surface area contributed by atoms with Crippen LogP contribution in [0.1, 0.15) is 27.8 Å². The monoisotopic (exact) mass is 809 g/mol. The highest BCUT2D eigenvalue weighted by Crippen LogP contribution is 2.46. The Morgan fingerprint density at radius 2 is 1.00 bits per heavy atom. The third kappa shape index (κ3) is 6.63. The Labute approximate surface area is 360 Å². The highest BCUT2D eigenvalue weighted by atomic mass is 16.2. The van der Waals surface area contributed by atoms with Crippen LogP contribution in [0.25, 0.3) is 87.1 Å². The van der Waals surface area contributed by atoms with Gasteiger partial charge in [0.2, 0.25) is 0 Å². The van der Waals surface area contributed by atoms with Gasteiger partial charge in [-0.2, -0.15) is 0 Å². The molecule has 62 heavy (non-hydrogen) atoms. The molecule has 1 aromatic heterocycles. The molecule has 0 aliphatic rings. The Bertz CT molecular complexity index is 3540. The van der Waals surface area contributed by atoms with Gasteiger partial charge in [-0.3, -0.25) is 0 Å². The molecular formula is C55H47N5O2. The zero-order valence-corrected chi connectivity index (χ0v) is 36.0. The minimum atomic E-state index is -0.328. The molecule has 0 aliphatic heterocycles. The SMILES string of the molecule is CNC(=O)Nc1ccc2c(c1)c1cc(NC(=O)Nc3cc4ccc(-c5c6ccc(C)cc6c(-c6ccc7cc(C)cc(C)c7c6)c6ccc(C)cc56)cc4cc3C)ccc1n2C.